The van der Waals surface area contributed by atoms with E-state index in [9.17, 15) is 9.59 Å². The first-order valence-electron chi connectivity index (χ1n) is 9.93. The second kappa shape index (κ2) is 8.37. The maximum absolute atomic E-state index is 12.6. The molecule has 0 saturated carbocycles. The van der Waals surface area contributed by atoms with Crippen molar-refractivity contribution in [1.82, 2.24) is 10.2 Å². The van der Waals surface area contributed by atoms with Crippen LogP contribution in [0.15, 0.2) is 30.3 Å². The third-order valence-electron chi connectivity index (χ3n) is 5.47. The Morgan fingerprint density at radius 3 is 2.62 bits per heavy atom. The number of hydrogen-bond donors (Lipinski definition) is 0. The van der Waals surface area contributed by atoms with Gasteiger partial charge in [0.2, 0.25) is 5.91 Å². The minimum atomic E-state index is -0.308. The molecule has 1 aromatic carbocycles. The highest BCUT2D eigenvalue weighted by atomic mass is 35.5. The van der Waals surface area contributed by atoms with E-state index in [-0.39, 0.29) is 18.0 Å². The number of esters is 1. The number of nitrogens with zero attached hydrogens (tertiary/aromatic N) is 4. The lowest BCUT2D eigenvalue weighted by Gasteiger charge is -2.32. The molecule has 1 fully saturated rings. The van der Waals surface area contributed by atoms with Crippen LogP contribution < -0.4 is 9.80 Å². The Bertz CT molecular complexity index is 911. The number of piperidine rings is 1. The molecule has 4 rings (SSSR count). The van der Waals surface area contributed by atoms with Crippen molar-refractivity contribution in [2.24, 2.45) is 0 Å². The van der Waals surface area contributed by atoms with Gasteiger partial charge in [0, 0.05) is 44.6 Å². The molecular formula is C21H23ClN4O3. The fourth-order valence-corrected chi connectivity index (χ4v) is 3.98. The molecule has 0 bridgehead atoms. The molecule has 1 saturated heterocycles. The predicted molar refractivity (Wildman–Crippen MR) is 110 cm³/mol. The van der Waals surface area contributed by atoms with E-state index in [0.717, 1.165) is 49.4 Å². The van der Waals surface area contributed by atoms with Gasteiger partial charge in [0.1, 0.15) is 6.10 Å². The van der Waals surface area contributed by atoms with Gasteiger partial charge >= 0.3 is 5.97 Å². The van der Waals surface area contributed by atoms with Gasteiger partial charge in [0.15, 0.2) is 11.0 Å². The summed E-state index contributed by atoms with van der Waals surface area (Å²) in [6.07, 6.45) is 2.59. The monoisotopic (exact) mass is 414 g/mol. The van der Waals surface area contributed by atoms with E-state index >= 15 is 0 Å². The molecule has 2 aliphatic rings. The lowest BCUT2D eigenvalue weighted by atomic mass is 10.1. The number of amides is 1. The summed E-state index contributed by atoms with van der Waals surface area (Å²) < 4.78 is 5.73. The van der Waals surface area contributed by atoms with E-state index in [0.29, 0.717) is 23.7 Å². The summed E-state index contributed by atoms with van der Waals surface area (Å²) in [4.78, 5) is 28.5. The van der Waals surface area contributed by atoms with Crippen LogP contribution in [-0.2, 0) is 16.0 Å². The van der Waals surface area contributed by atoms with Gasteiger partial charge in [-0.15, -0.1) is 10.2 Å². The van der Waals surface area contributed by atoms with Gasteiger partial charge in [-0.1, -0.05) is 18.5 Å². The molecule has 0 atom stereocenters. The van der Waals surface area contributed by atoms with Gasteiger partial charge in [0.05, 0.1) is 5.56 Å². The summed E-state index contributed by atoms with van der Waals surface area (Å²) in [7, 11) is 0. The SMILES string of the molecule is CCC(=O)N1CCc2cc(C(=O)OC3CCN(c4ccc(Cl)nn4)CC3)ccc21. The molecule has 0 N–H and O–H groups in total. The first-order valence-corrected chi connectivity index (χ1v) is 10.3. The standard InChI is InChI=1S/C21H23ClN4O3/c1-2-20(27)26-12-7-14-13-15(3-4-17(14)26)21(28)29-16-8-10-25(11-9-16)19-6-5-18(22)23-24-19/h3-6,13,16H,2,7-12H2,1H3. The van der Waals surface area contributed by atoms with Gasteiger partial charge in [0.25, 0.3) is 0 Å². The molecule has 2 aliphatic heterocycles. The van der Waals surface area contributed by atoms with Crippen molar-refractivity contribution < 1.29 is 14.3 Å². The van der Waals surface area contributed by atoms with E-state index in [4.69, 9.17) is 16.3 Å². The number of hydrogen-bond acceptors (Lipinski definition) is 6. The predicted octanol–water partition coefficient (Wildman–Crippen LogP) is 3.25. The number of rotatable bonds is 4. The number of carbonyl (C=O) groups is 2. The van der Waals surface area contributed by atoms with E-state index in [1.165, 1.54) is 0 Å². The van der Waals surface area contributed by atoms with E-state index in [1.54, 1.807) is 17.0 Å². The van der Waals surface area contributed by atoms with Gasteiger partial charge in [-0.3, -0.25) is 4.79 Å². The normalized spacial score (nSPS) is 16.6. The molecule has 1 aromatic heterocycles. The number of halogens is 1. The second-order valence-corrected chi connectivity index (χ2v) is 7.69. The van der Waals surface area contributed by atoms with Crippen LogP contribution in [-0.4, -0.2) is 47.8 Å². The molecule has 0 aliphatic carbocycles. The van der Waals surface area contributed by atoms with Gasteiger partial charge in [-0.25, -0.2) is 4.79 Å². The highest BCUT2D eigenvalue weighted by Crippen LogP contribution is 2.30. The number of fused-ring (bicyclic) bond motifs is 1. The summed E-state index contributed by atoms with van der Waals surface area (Å²) in [5, 5.41) is 8.35. The second-order valence-electron chi connectivity index (χ2n) is 7.30. The Balaban J connectivity index is 1.35. The maximum atomic E-state index is 12.6. The van der Waals surface area contributed by atoms with Crippen molar-refractivity contribution in [3.8, 4) is 0 Å². The van der Waals surface area contributed by atoms with Crippen LogP contribution in [0.4, 0.5) is 11.5 Å². The van der Waals surface area contributed by atoms with Crippen molar-refractivity contribution in [1.29, 1.82) is 0 Å². The number of aromatic nitrogens is 2. The van der Waals surface area contributed by atoms with Crippen molar-refractivity contribution in [2.45, 2.75) is 38.7 Å². The first-order chi connectivity index (χ1) is 14.0. The highest BCUT2D eigenvalue weighted by molar-refractivity contribution is 6.29. The summed E-state index contributed by atoms with van der Waals surface area (Å²) in [5.41, 5.74) is 2.48. The molecule has 0 radical (unpaired) electrons. The van der Waals surface area contributed by atoms with Crippen LogP contribution in [0.25, 0.3) is 0 Å². The molecule has 29 heavy (non-hydrogen) atoms. The Morgan fingerprint density at radius 1 is 1.14 bits per heavy atom. The van der Waals surface area contributed by atoms with E-state index in [2.05, 4.69) is 15.1 Å². The van der Waals surface area contributed by atoms with Crippen LogP contribution in [0.2, 0.25) is 5.15 Å². The molecule has 2 aromatic rings. The van der Waals surface area contributed by atoms with Crippen LogP contribution >= 0.6 is 11.6 Å². The fourth-order valence-electron chi connectivity index (χ4n) is 3.88. The third-order valence-corrected chi connectivity index (χ3v) is 5.67. The molecule has 0 spiro atoms. The van der Waals surface area contributed by atoms with E-state index < -0.39 is 0 Å². The fraction of sp³-hybridized carbons (Fsp3) is 0.429. The molecule has 152 valence electrons. The molecule has 7 nitrogen and oxygen atoms in total. The zero-order valence-corrected chi connectivity index (χ0v) is 17.1. The molecule has 8 heteroatoms. The lowest BCUT2D eigenvalue weighted by Crippen LogP contribution is -2.38. The topological polar surface area (TPSA) is 75.6 Å². The molecule has 3 heterocycles. The minimum absolute atomic E-state index is 0.108. The Labute approximate surface area is 174 Å². The van der Waals surface area contributed by atoms with Crippen LogP contribution in [0.1, 0.15) is 42.1 Å². The highest BCUT2D eigenvalue weighted by Gasteiger charge is 2.27. The maximum Gasteiger partial charge on any atom is 0.338 e. The summed E-state index contributed by atoms with van der Waals surface area (Å²) in [6, 6.07) is 9.03. The van der Waals surface area contributed by atoms with Gasteiger partial charge < -0.3 is 14.5 Å². The quantitative estimate of drug-likeness (QED) is 0.715. The van der Waals surface area contributed by atoms with Crippen LogP contribution in [0.5, 0.6) is 0 Å². The third kappa shape index (κ3) is 4.19. The zero-order chi connectivity index (χ0) is 20.4. The average Bonchev–Trinajstić information content (AvgIpc) is 3.17. The van der Waals surface area contributed by atoms with Crippen LogP contribution in [0, 0.1) is 0 Å². The largest absolute Gasteiger partial charge is 0.459 e. The Morgan fingerprint density at radius 2 is 1.93 bits per heavy atom. The molecule has 1 amide bonds. The van der Waals surface area contributed by atoms with Gasteiger partial charge in [-0.2, -0.15) is 0 Å². The Kier molecular flexibility index (Phi) is 5.67. The van der Waals surface area contributed by atoms with Crippen molar-refractivity contribution >= 4 is 35.0 Å². The molecular weight excluding hydrogens is 392 g/mol. The zero-order valence-electron chi connectivity index (χ0n) is 16.3. The van der Waals surface area contributed by atoms with Crippen molar-refractivity contribution in [3.05, 3.63) is 46.6 Å². The van der Waals surface area contributed by atoms with E-state index in [1.807, 2.05) is 25.1 Å². The lowest BCUT2D eigenvalue weighted by molar-refractivity contribution is -0.118. The summed E-state index contributed by atoms with van der Waals surface area (Å²) in [6.45, 7) is 4.02. The first kappa shape index (κ1) is 19.6. The van der Waals surface area contributed by atoms with Crippen molar-refractivity contribution in [3.63, 3.8) is 0 Å². The van der Waals surface area contributed by atoms with Gasteiger partial charge in [-0.05, 0) is 42.3 Å². The minimum Gasteiger partial charge on any atom is -0.459 e. The smallest absolute Gasteiger partial charge is 0.338 e. The number of ether oxygens (including phenoxy) is 1. The number of anilines is 2. The Hall–Kier alpha value is -2.67. The summed E-state index contributed by atoms with van der Waals surface area (Å²) >= 11 is 5.79. The van der Waals surface area contributed by atoms with Crippen molar-refractivity contribution in [2.75, 3.05) is 29.4 Å². The number of benzene rings is 1. The average molecular weight is 415 g/mol. The summed E-state index contributed by atoms with van der Waals surface area (Å²) in [5.74, 6) is 0.581. The van der Waals surface area contributed by atoms with Crippen LogP contribution in [0.3, 0.4) is 0 Å². The number of carbonyl (C=O) groups excluding carboxylic acids is 2. The molecule has 0 unspecified atom stereocenters.